The van der Waals surface area contributed by atoms with Crippen LogP contribution in [0.25, 0.3) is 22.2 Å². The number of anilines is 1. The minimum Gasteiger partial charge on any atom is -0.354 e. The summed E-state index contributed by atoms with van der Waals surface area (Å²) in [6.07, 6.45) is 2.87. The molecule has 0 bridgehead atoms. The molecule has 1 aromatic heterocycles. The van der Waals surface area contributed by atoms with Crippen molar-refractivity contribution in [3.63, 3.8) is 0 Å². The van der Waals surface area contributed by atoms with Crippen LogP contribution in [-0.4, -0.2) is 29.1 Å². The highest BCUT2D eigenvalue weighted by Crippen LogP contribution is 2.34. The van der Waals surface area contributed by atoms with E-state index < -0.39 is 6.04 Å². The highest BCUT2D eigenvalue weighted by molar-refractivity contribution is 6.18. The fourth-order valence-corrected chi connectivity index (χ4v) is 4.12. The van der Waals surface area contributed by atoms with Crippen molar-refractivity contribution in [1.82, 2.24) is 10.4 Å². The molecule has 33 heavy (non-hydrogen) atoms. The number of hydrogen-bond donors (Lipinski definition) is 4. The molecule has 0 aliphatic carbocycles. The van der Waals surface area contributed by atoms with Gasteiger partial charge in [-0.3, -0.25) is 9.59 Å². The zero-order chi connectivity index (χ0) is 22.8. The van der Waals surface area contributed by atoms with E-state index in [1.54, 1.807) is 12.3 Å². The van der Waals surface area contributed by atoms with Gasteiger partial charge >= 0.3 is 0 Å². The molecule has 1 aliphatic heterocycles. The van der Waals surface area contributed by atoms with E-state index in [1.165, 1.54) is 0 Å². The monoisotopic (exact) mass is 437 g/mol. The molecule has 7 nitrogen and oxygen atoms in total. The second-order valence-electron chi connectivity index (χ2n) is 8.05. The molecule has 0 spiro atoms. The number of aromatic nitrogens is 1. The zero-order valence-corrected chi connectivity index (χ0v) is 17.8. The fourth-order valence-electron chi connectivity index (χ4n) is 4.12. The van der Waals surface area contributed by atoms with Crippen LogP contribution in [0.15, 0.2) is 77.9 Å². The van der Waals surface area contributed by atoms with Crippen LogP contribution in [0.5, 0.6) is 0 Å². The summed E-state index contributed by atoms with van der Waals surface area (Å²) in [6, 6.07) is 22.6. The Morgan fingerprint density at radius 2 is 1.76 bits per heavy atom. The van der Waals surface area contributed by atoms with Crippen LogP contribution in [0, 0.1) is 0 Å². The van der Waals surface area contributed by atoms with Gasteiger partial charge < -0.3 is 16.0 Å². The van der Waals surface area contributed by atoms with Gasteiger partial charge in [-0.25, -0.2) is 5.43 Å². The number of carbonyl (C=O) groups is 2. The van der Waals surface area contributed by atoms with E-state index in [4.69, 9.17) is 5.73 Å². The Balaban J connectivity index is 1.44. The van der Waals surface area contributed by atoms with Crippen LogP contribution < -0.4 is 16.5 Å². The SMILES string of the molecule is NC(CCc1ccccc1)C(=O)Nc1cc2c3c(c(-c4ccccc4)[nH]c3c1)C=NNC2=O. The molecule has 0 radical (unpaired) electrons. The number of nitrogens with two attached hydrogens (primary N) is 1. The number of aromatic amines is 1. The Morgan fingerprint density at radius 3 is 2.52 bits per heavy atom. The molecular weight excluding hydrogens is 414 g/mol. The van der Waals surface area contributed by atoms with Crippen LogP contribution in [-0.2, 0) is 11.2 Å². The highest BCUT2D eigenvalue weighted by atomic mass is 16.2. The molecule has 7 heteroatoms. The number of aryl methyl sites for hydroxylation is 1. The molecular formula is C26H23N5O2. The largest absolute Gasteiger partial charge is 0.354 e. The maximum absolute atomic E-state index is 12.8. The van der Waals surface area contributed by atoms with Gasteiger partial charge in [0.25, 0.3) is 5.91 Å². The van der Waals surface area contributed by atoms with Gasteiger partial charge in [-0.15, -0.1) is 0 Å². The van der Waals surface area contributed by atoms with Crippen molar-refractivity contribution in [3.05, 3.63) is 89.5 Å². The Bertz CT molecular complexity index is 1360. The van der Waals surface area contributed by atoms with Crippen LogP contribution in [0.4, 0.5) is 5.69 Å². The van der Waals surface area contributed by atoms with E-state index >= 15 is 0 Å². The number of H-pyrrole nitrogens is 1. The molecule has 0 saturated carbocycles. The number of hydrogen-bond acceptors (Lipinski definition) is 4. The lowest BCUT2D eigenvalue weighted by Gasteiger charge is -2.13. The summed E-state index contributed by atoms with van der Waals surface area (Å²) in [7, 11) is 0. The third kappa shape index (κ3) is 4.14. The van der Waals surface area contributed by atoms with E-state index in [-0.39, 0.29) is 11.8 Å². The third-order valence-electron chi connectivity index (χ3n) is 5.79. The summed E-state index contributed by atoms with van der Waals surface area (Å²) in [5, 5.41) is 7.71. The van der Waals surface area contributed by atoms with E-state index in [9.17, 15) is 9.59 Å². The maximum Gasteiger partial charge on any atom is 0.272 e. The van der Waals surface area contributed by atoms with Gasteiger partial charge in [0.05, 0.1) is 23.5 Å². The Morgan fingerprint density at radius 1 is 1.03 bits per heavy atom. The molecule has 2 heterocycles. The molecule has 1 atom stereocenters. The summed E-state index contributed by atoms with van der Waals surface area (Å²) < 4.78 is 0. The molecule has 3 aromatic carbocycles. The lowest BCUT2D eigenvalue weighted by atomic mass is 10.0. The van der Waals surface area contributed by atoms with Crippen molar-refractivity contribution < 1.29 is 9.59 Å². The lowest BCUT2D eigenvalue weighted by Crippen LogP contribution is -2.36. The minimum absolute atomic E-state index is 0.294. The Hall–Kier alpha value is -4.23. The predicted molar refractivity (Wildman–Crippen MR) is 130 cm³/mol. The molecule has 2 amide bonds. The standard InChI is InChI=1S/C26H23N5O2/c27-21(12-11-16-7-3-1-4-8-16)26(33)29-18-13-19-23-20(15-28-31-25(19)32)24(30-22(23)14-18)17-9-5-2-6-10-17/h1-10,13-15,21,30H,11-12,27H2,(H,29,33)(H,31,32). The molecule has 164 valence electrons. The number of nitrogens with one attached hydrogen (secondary N) is 3. The molecule has 5 rings (SSSR count). The number of nitrogens with zero attached hydrogens (tertiary/aromatic N) is 1. The number of carbonyl (C=O) groups excluding carboxylic acids is 2. The van der Waals surface area contributed by atoms with Crippen molar-refractivity contribution in [1.29, 1.82) is 0 Å². The molecule has 1 aliphatic rings. The summed E-state index contributed by atoms with van der Waals surface area (Å²) in [5.41, 5.74) is 14.1. The predicted octanol–water partition coefficient (Wildman–Crippen LogP) is 3.81. The molecule has 4 aromatic rings. The van der Waals surface area contributed by atoms with E-state index in [1.807, 2.05) is 66.7 Å². The Labute approximate surface area is 190 Å². The van der Waals surface area contributed by atoms with Crippen LogP contribution >= 0.6 is 0 Å². The summed E-state index contributed by atoms with van der Waals surface area (Å²) in [6.45, 7) is 0. The average Bonchev–Trinajstić information content (AvgIpc) is 3.12. The normalized spacial score (nSPS) is 13.4. The van der Waals surface area contributed by atoms with Crippen LogP contribution in [0.1, 0.15) is 27.9 Å². The Kier molecular flexibility index (Phi) is 5.46. The van der Waals surface area contributed by atoms with E-state index in [0.29, 0.717) is 24.1 Å². The van der Waals surface area contributed by atoms with E-state index in [0.717, 1.165) is 33.3 Å². The van der Waals surface area contributed by atoms with Gasteiger partial charge in [0.1, 0.15) is 0 Å². The van der Waals surface area contributed by atoms with E-state index in [2.05, 4.69) is 20.8 Å². The second-order valence-corrected chi connectivity index (χ2v) is 8.05. The van der Waals surface area contributed by atoms with Crippen LogP contribution in [0.3, 0.4) is 0 Å². The first-order valence-corrected chi connectivity index (χ1v) is 10.8. The van der Waals surface area contributed by atoms with Crippen LogP contribution in [0.2, 0.25) is 0 Å². The summed E-state index contributed by atoms with van der Waals surface area (Å²) in [4.78, 5) is 28.8. The fraction of sp³-hybridized carbons (Fsp3) is 0.115. The highest BCUT2D eigenvalue weighted by Gasteiger charge is 2.23. The van der Waals surface area contributed by atoms with Crippen molar-refractivity contribution >= 4 is 34.6 Å². The number of rotatable bonds is 6. The second kappa shape index (κ2) is 8.72. The van der Waals surface area contributed by atoms with Crippen molar-refractivity contribution in [2.45, 2.75) is 18.9 Å². The van der Waals surface area contributed by atoms with Gasteiger partial charge in [-0.2, -0.15) is 5.10 Å². The van der Waals surface area contributed by atoms with Crippen molar-refractivity contribution in [2.75, 3.05) is 5.32 Å². The average molecular weight is 438 g/mol. The topological polar surface area (TPSA) is 112 Å². The summed E-state index contributed by atoms with van der Waals surface area (Å²) in [5.74, 6) is -0.629. The zero-order valence-electron chi connectivity index (χ0n) is 17.8. The molecule has 1 unspecified atom stereocenters. The van der Waals surface area contributed by atoms with Gasteiger partial charge in [0, 0.05) is 22.2 Å². The minimum atomic E-state index is -0.670. The van der Waals surface area contributed by atoms with Crippen molar-refractivity contribution in [2.24, 2.45) is 10.8 Å². The maximum atomic E-state index is 12.8. The van der Waals surface area contributed by atoms with Gasteiger partial charge in [-0.1, -0.05) is 60.7 Å². The quantitative estimate of drug-likeness (QED) is 0.368. The number of benzene rings is 3. The first kappa shape index (κ1) is 20.7. The molecule has 0 saturated heterocycles. The smallest absolute Gasteiger partial charge is 0.272 e. The number of hydrazone groups is 1. The first-order chi connectivity index (χ1) is 16.1. The third-order valence-corrected chi connectivity index (χ3v) is 5.79. The van der Waals surface area contributed by atoms with Gasteiger partial charge in [0.15, 0.2) is 0 Å². The van der Waals surface area contributed by atoms with Gasteiger partial charge in [0.2, 0.25) is 5.91 Å². The summed E-state index contributed by atoms with van der Waals surface area (Å²) >= 11 is 0. The molecule has 5 N–H and O–H groups in total. The molecule has 0 fully saturated rings. The number of amides is 2. The van der Waals surface area contributed by atoms with Crippen molar-refractivity contribution in [3.8, 4) is 11.3 Å². The lowest BCUT2D eigenvalue weighted by molar-refractivity contribution is -0.117. The first-order valence-electron chi connectivity index (χ1n) is 10.8. The van der Waals surface area contributed by atoms with Gasteiger partial charge in [-0.05, 0) is 36.1 Å².